The molecule has 0 aromatic heterocycles. The zero-order chi connectivity index (χ0) is 62.8. The van der Waals surface area contributed by atoms with Gasteiger partial charge in [-0.3, -0.25) is 57.5 Å². The first-order chi connectivity index (χ1) is 38.9. The average Bonchev–Trinajstić information content (AvgIpc) is 3.43. The van der Waals surface area contributed by atoms with Crippen LogP contribution in [0.2, 0.25) is 0 Å². The van der Waals surface area contributed by atoms with Crippen molar-refractivity contribution >= 4 is 77.0 Å². The second kappa shape index (κ2) is 34.5. The minimum Gasteiger partial charge on any atom is -0.508 e. The molecule has 9 amide bonds. The van der Waals surface area contributed by atoms with Crippen LogP contribution in [-0.4, -0.2) is 186 Å². The number of aromatic hydroxyl groups is 1. The SMILES string of the molecule is CC[C@H](C)[C@H](NC(=O)[C@@H](NC(=O)[C@H](Cc1ccc(O)cc1)NC(=O)[C@H](CC(=O)O)NC(=O)[C@H](Cc1ccccc1)NC(=O)[C@H](CC(=O)O)NC(=O)[C@H](C)NC(=O)[C@@H](N)CO)[C@@H](C)O)C(=O)N[C@@H](CC(C)C)C(=O)N[C@@H](CCC(=O)O)C(=O)O. The summed E-state index contributed by atoms with van der Waals surface area (Å²) in [5.41, 5.74) is 6.11. The molecule has 18 N–H and O–H groups in total. The molecule has 30 nitrogen and oxygen atoms in total. The number of hydrogen-bond acceptors (Lipinski definition) is 17. The summed E-state index contributed by atoms with van der Waals surface area (Å²) in [5, 5.41) is 89.2. The molecule has 12 atom stereocenters. The van der Waals surface area contributed by atoms with Gasteiger partial charge in [0.15, 0.2) is 0 Å². The lowest BCUT2D eigenvalue weighted by molar-refractivity contribution is -0.144. The zero-order valence-electron chi connectivity index (χ0n) is 46.6. The van der Waals surface area contributed by atoms with Crippen molar-refractivity contribution in [1.82, 2.24) is 47.9 Å². The molecule has 0 unspecified atom stereocenters. The predicted molar refractivity (Wildman–Crippen MR) is 290 cm³/mol. The van der Waals surface area contributed by atoms with Crippen molar-refractivity contribution in [2.75, 3.05) is 6.61 Å². The molecule has 0 aliphatic heterocycles. The number of nitrogens with one attached hydrogen (secondary N) is 9. The second-order valence-corrected chi connectivity index (χ2v) is 20.1. The molecule has 0 heterocycles. The number of carboxylic acid groups (broad SMARTS) is 4. The molecule has 0 fully saturated rings. The van der Waals surface area contributed by atoms with Gasteiger partial charge in [0.25, 0.3) is 0 Å². The molecule has 2 aromatic rings. The molecule has 0 radical (unpaired) electrons. The molecule has 0 saturated heterocycles. The molecule has 2 rings (SSSR count). The first kappa shape index (κ1) is 70.3. The van der Waals surface area contributed by atoms with E-state index in [0.29, 0.717) is 5.56 Å². The van der Waals surface area contributed by atoms with E-state index in [-0.39, 0.29) is 36.5 Å². The summed E-state index contributed by atoms with van der Waals surface area (Å²) in [5.74, 6) is -17.5. The molecule has 30 heteroatoms. The minimum absolute atomic E-state index is 0.0452. The number of nitrogens with two attached hydrogens (primary N) is 1. The maximum absolute atomic E-state index is 14.4. The van der Waals surface area contributed by atoms with E-state index in [1.54, 1.807) is 45.9 Å². The monoisotopic (exact) mass is 1170 g/mol. The summed E-state index contributed by atoms with van der Waals surface area (Å²) in [7, 11) is 0. The van der Waals surface area contributed by atoms with Crippen molar-refractivity contribution in [2.45, 2.75) is 159 Å². The van der Waals surface area contributed by atoms with Gasteiger partial charge in [0.05, 0.1) is 25.6 Å². The topological polar surface area (TPSA) is 498 Å². The van der Waals surface area contributed by atoms with Gasteiger partial charge in [-0.15, -0.1) is 0 Å². The maximum Gasteiger partial charge on any atom is 0.326 e. The third-order valence-electron chi connectivity index (χ3n) is 12.7. The fourth-order valence-electron chi connectivity index (χ4n) is 7.85. The van der Waals surface area contributed by atoms with Crippen LogP contribution in [0.3, 0.4) is 0 Å². The minimum atomic E-state index is -2.07. The van der Waals surface area contributed by atoms with Crippen molar-refractivity contribution in [3.8, 4) is 5.75 Å². The van der Waals surface area contributed by atoms with Crippen molar-refractivity contribution in [3.05, 3.63) is 65.7 Å². The average molecular weight is 1170 g/mol. The lowest BCUT2D eigenvalue weighted by Crippen LogP contribution is -2.63. The fourth-order valence-corrected chi connectivity index (χ4v) is 7.85. The van der Waals surface area contributed by atoms with Crippen LogP contribution in [0.1, 0.15) is 91.2 Å². The summed E-state index contributed by atoms with van der Waals surface area (Å²) in [6.45, 7) is 8.08. The molecule has 458 valence electrons. The predicted octanol–water partition coefficient (Wildman–Crippen LogP) is -3.75. The molecule has 0 saturated carbocycles. The van der Waals surface area contributed by atoms with Gasteiger partial charge in [-0.05, 0) is 61.8 Å². The number of phenols is 1. The number of hydrogen-bond donors (Lipinski definition) is 17. The lowest BCUT2D eigenvalue weighted by Gasteiger charge is -2.30. The number of aliphatic hydroxyl groups excluding tert-OH is 2. The highest BCUT2D eigenvalue weighted by molar-refractivity contribution is 6.00. The summed E-state index contributed by atoms with van der Waals surface area (Å²) >= 11 is 0. The van der Waals surface area contributed by atoms with Crippen LogP contribution in [-0.2, 0) is 75.2 Å². The van der Waals surface area contributed by atoms with Crippen LogP contribution >= 0.6 is 0 Å². The first-order valence-electron chi connectivity index (χ1n) is 26.3. The van der Waals surface area contributed by atoms with Crippen LogP contribution in [0.15, 0.2) is 54.6 Å². The van der Waals surface area contributed by atoms with Gasteiger partial charge >= 0.3 is 23.9 Å². The number of benzene rings is 2. The maximum atomic E-state index is 14.4. The van der Waals surface area contributed by atoms with Crippen LogP contribution in [0.4, 0.5) is 0 Å². The Morgan fingerprint density at radius 1 is 0.482 bits per heavy atom. The first-order valence-corrected chi connectivity index (χ1v) is 26.3. The Balaban J connectivity index is 2.54. The lowest BCUT2D eigenvalue weighted by atomic mass is 9.96. The number of carbonyl (C=O) groups is 13. The zero-order valence-corrected chi connectivity index (χ0v) is 46.6. The van der Waals surface area contributed by atoms with Gasteiger partial charge in [-0.2, -0.15) is 0 Å². The van der Waals surface area contributed by atoms with E-state index < -0.39 is 188 Å². The molecule has 0 bridgehead atoms. The number of aliphatic carboxylic acids is 4. The molecule has 0 aliphatic rings. The van der Waals surface area contributed by atoms with Crippen molar-refractivity contribution in [3.63, 3.8) is 0 Å². The Labute approximate surface area is 476 Å². The van der Waals surface area contributed by atoms with Gasteiger partial charge < -0.3 is 89.3 Å². The fraction of sp³-hybridized carbons (Fsp3) is 0.528. The second-order valence-electron chi connectivity index (χ2n) is 20.1. The van der Waals surface area contributed by atoms with E-state index in [1.807, 2.05) is 0 Å². The number of amides is 9. The van der Waals surface area contributed by atoms with E-state index in [0.717, 1.165) is 13.8 Å². The van der Waals surface area contributed by atoms with Crippen molar-refractivity contribution in [1.29, 1.82) is 0 Å². The number of aliphatic hydroxyl groups is 2. The molecule has 0 aliphatic carbocycles. The van der Waals surface area contributed by atoms with Crippen LogP contribution in [0.25, 0.3) is 0 Å². The Kier molecular flexibility index (Phi) is 29.2. The van der Waals surface area contributed by atoms with Gasteiger partial charge in [-0.1, -0.05) is 76.6 Å². The standard InChI is InChI=1S/C53H76N10O20/c1-7-26(4)42(51(80)61-34(19-25(2)3)46(75)56-33(53(82)83)17-18-39(67)68)62-52(81)43(28(6)65)63-50(79)36(21-30-13-15-31(66)16-14-30)59-49(78)38(23-41(71)72)60-47(76)35(20-29-11-9-8-10-12-29)58-48(77)37(22-40(69)70)57-44(73)27(5)55-45(74)32(54)24-64/h8-16,25-28,32-38,42-43,64-66H,7,17-24,54H2,1-6H3,(H,55,74)(H,56,75)(H,57,73)(H,58,77)(H,59,78)(H,60,76)(H,61,80)(H,62,81)(H,63,79)(H,67,68)(H,69,70)(H,71,72)(H,82,83)/t26-,27-,28+,32-,33-,34-,35-,36-,37-,38-,42-,43-/m0/s1. The Bertz CT molecular complexity index is 2600. The van der Waals surface area contributed by atoms with E-state index in [1.165, 1.54) is 36.4 Å². The highest BCUT2D eigenvalue weighted by Crippen LogP contribution is 2.15. The third-order valence-corrected chi connectivity index (χ3v) is 12.7. The normalized spacial score (nSPS) is 15.4. The highest BCUT2D eigenvalue weighted by Gasteiger charge is 2.38. The Morgan fingerprint density at radius 3 is 1.36 bits per heavy atom. The number of phenolic OH excluding ortho intramolecular Hbond substituents is 1. The highest BCUT2D eigenvalue weighted by atomic mass is 16.4. The summed E-state index contributed by atoms with van der Waals surface area (Å²) in [6.07, 6.45) is -5.72. The summed E-state index contributed by atoms with van der Waals surface area (Å²) < 4.78 is 0. The van der Waals surface area contributed by atoms with Gasteiger partial charge in [0.2, 0.25) is 53.2 Å². The third kappa shape index (κ3) is 24.9. The molecular formula is C53H76N10O20. The van der Waals surface area contributed by atoms with Crippen molar-refractivity contribution in [2.24, 2.45) is 17.6 Å². The largest absolute Gasteiger partial charge is 0.508 e. The van der Waals surface area contributed by atoms with E-state index >= 15 is 0 Å². The molecular weight excluding hydrogens is 1100 g/mol. The van der Waals surface area contributed by atoms with E-state index in [2.05, 4.69) is 47.9 Å². The number of carbonyl (C=O) groups excluding carboxylic acids is 9. The van der Waals surface area contributed by atoms with Gasteiger partial charge in [-0.25, -0.2) is 4.79 Å². The van der Waals surface area contributed by atoms with E-state index in [4.69, 9.17) is 10.8 Å². The number of carboxylic acids is 4. The quantitative estimate of drug-likeness (QED) is 0.0312. The summed E-state index contributed by atoms with van der Waals surface area (Å²) in [6, 6.07) is -3.89. The van der Waals surface area contributed by atoms with E-state index in [9.17, 15) is 93.0 Å². The smallest absolute Gasteiger partial charge is 0.326 e. The van der Waals surface area contributed by atoms with Crippen LogP contribution in [0, 0.1) is 11.8 Å². The Hall–Kier alpha value is -8.77. The number of rotatable bonds is 36. The van der Waals surface area contributed by atoms with Crippen molar-refractivity contribution < 1.29 is 98.1 Å². The molecule has 83 heavy (non-hydrogen) atoms. The van der Waals surface area contributed by atoms with Crippen LogP contribution < -0.4 is 53.6 Å². The van der Waals surface area contributed by atoms with Gasteiger partial charge in [0, 0.05) is 19.3 Å². The van der Waals surface area contributed by atoms with Gasteiger partial charge in [0.1, 0.15) is 66.2 Å². The Morgan fingerprint density at radius 2 is 0.904 bits per heavy atom. The van der Waals surface area contributed by atoms with Crippen LogP contribution in [0.5, 0.6) is 5.75 Å². The molecule has 0 spiro atoms. The summed E-state index contributed by atoms with van der Waals surface area (Å²) in [4.78, 5) is 171. The molecule has 2 aromatic carbocycles.